The highest BCUT2D eigenvalue weighted by Crippen LogP contribution is 2.32. The molecule has 0 spiro atoms. The van der Waals surface area contributed by atoms with Gasteiger partial charge < -0.3 is 14.2 Å². The van der Waals surface area contributed by atoms with E-state index in [1.165, 1.54) is 7.11 Å². The summed E-state index contributed by atoms with van der Waals surface area (Å²) in [4.78, 5) is 11.3. The third-order valence-corrected chi connectivity index (χ3v) is 2.41. The van der Waals surface area contributed by atoms with Crippen molar-refractivity contribution < 1.29 is 19.0 Å². The van der Waals surface area contributed by atoms with Gasteiger partial charge in [0.25, 0.3) is 0 Å². The van der Waals surface area contributed by atoms with Crippen molar-refractivity contribution in [3.05, 3.63) is 23.8 Å². The molecule has 0 aromatic heterocycles. The third-order valence-electron chi connectivity index (χ3n) is 2.41. The molecule has 0 saturated carbocycles. The first-order valence-corrected chi connectivity index (χ1v) is 4.66. The summed E-state index contributed by atoms with van der Waals surface area (Å²) >= 11 is 0. The maximum atomic E-state index is 11.3. The predicted octanol–water partition coefficient (Wildman–Crippen LogP) is 1.17. The normalized spacial score (nSPS) is 17.9. The summed E-state index contributed by atoms with van der Waals surface area (Å²) < 4.78 is 15.1. The number of fused-ring (bicyclic) bond motifs is 1. The number of esters is 1. The minimum atomic E-state index is -0.517. The highest BCUT2D eigenvalue weighted by atomic mass is 16.6. The Morgan fingerprint density at radius 2 is 2.27 bits per heavy atom. The average molecular weight is 208 g/mol. The van der Waals surface area contributed by atoms with Crippen LogP contribution >= 0.6 is 0 Å². The summed E-state index contributed by atoms with van der Waals surface area (Å²) in [5.74, 6) is 1.08. The van der Waals surface area contributed by atoms with Gasteiger partial charge in [-0.25, -0.2) is 4.79 Å². The molecule has 4 nitrogen and oxygen atoms in total. The lowest BCUT2D eigenvalue weighted by molar-refractivity contribution is -0.147. The molecule has 2 rings (SSSR count). The zero-order valence-electron chi connectivity index (χ0n) is 8.65. The van der Waals surface area contributed by atoms with Crippen LogP contribution in [0.25, 0.3) is 0 Å². The number of benzene rings is 1. The predicted molar refractivity (Wildman–Crippen MR) is 53.1 cm³/mol. The monoisotopic (exact) mass is 208 g/mol. The Hall–Kier alpha value is -1.71. The molecular formula is C11H12O4. The van der Waals surface area contributed by atoms with Crippen LogP contribution < -0.4 is 9.47 Å². The fourth-order valence-electron chi connectivity index (χ4n) is 1.60. The number of rotatable bonds is 2. The molecule has 1 unspecified atom stereocenters. The summed E-state index contributed by atoms with van der Waals surface area (Å²) in [7, 11) is 2.95. The van der Waals surface area contributed by atoms with Crippen LogP contribution in [0.3, 0.4) is 0 Å². The molecule has 0 bridgehead atoms. The van der Waals surface area contributed by atoms with Gasteiger partial charge in [-0.15, -0.1) is 0 Å². The van der Waals surface area contributed by atoms with Gasteiger partial charge in [-0.3, -0.25) is 0 Å². The van der Waals surface area contributed by atoms with Gasteiger partial charge in [0, 0.05) is 12.5 Å². The molecule has 1 aliphatic rings. The van der Waals surface area contributed by atoms with Crippen molar-refractivity contribution in [3.63, 3.8) is 0 Å². The molecule has 1 atom stereocenters. The van der Waals surface area contributed by atoms with Crippen LogP contribution in [0.2, 0.25) is 0 Å². The Morgan fingerprint density at radius 1 is 1.47 bits per heavy atom. The molecule has 0 radical (unpaired) electrons. The first kappa shape index (κ1) is 9.83. The lowest BCUT2D eigenvalue weighted by atomic mass is 10.1. The molecule has 0 saturated heterocycles. The first-order valence-electron chi connectivity index (χ1n) is 4.66. The first-order chi connectivity index (χ1) is 7.24. The molecule has 0 N–H and O–H groups in total. The second-order valence-electron chi connectivity index (χ2n) is 3.31. The van der Waals surface area contributed by atoms with Crippen molar-refractivity contribution in [1.82, 2.24) is 0 Å². The zero-order valence-corrected chi connectivity index (χ0v) is 8.65. The second-order valence-corrected chi connectivity index (χ2v) is 3.31. The lowest BCUT2D eigenvalue weighted by Crippen LogP contribution is -2.26. The largest absolute Gasteiger partial charge is 0.497 e. The van der Waals surface area contributed by atoms with E-state index in [2.05, 4.69) is 4.74 Å². The summed E-state index contributed by atoms with van der Waals surface area (Å²) in [5, 5.41) is 0. The third kappa shape index (κ3) is 1.75. The number of hydrogen-bond acceptors (Lipinski definition) is 4. The van der Waals surface area contributed by atoms with Gasteiger partial charge in [-0.1, -0.05) is 6.07 Å². The van der Waals surface area contributed by atoms with E-state index < -0.39 is 6.10 Å². The molecule has 1 aromatic carbocycles. The van der Waals surface area contributed by atoms with Crippen molar-refractivity contribution >= 4 is 5.97 Å². The van der Waals surface area contributed by atoms with Gasteiger partial charge in [-0.2, -0.15) is 0 Å². The Balaban J connectivity index is 2.20. The molecular weight excluding hydrogens is 196 g/mol. The topological polar surface area (TPSA) is 44.8 Å². The van der Waals surface area contributed by atoms with Crippen LogP contribution in [0.1, 0.15) is 5.56 Å². The van der Waals surface area contributed by atoms with E-state index in [9.17, 15) is 4.79 Å². The Morgan fingerprint density at radius 3 is 2.93 bits per heavy atom. The van der Waals surface area contributed by atoms with E-state index in [1.807, 2.05) is 12.1 Å². The van der Waals surface area contributed by atoms with Gasteiger partial charge in [0.15, 0.2) is 6.10 Å². The van der Waals surface area contributed by atoms with Crippen molar-refractivity contribution in [3.8, 4) is 11.5 Å². The highest BCUT2D eigenvalue weighted by molar-refractivity contribution is 5.76. The van der Waals surface area contributed by atoms with Crippen molar-refractivity contribution in [2.24, 2.45) is 0 Å². The molecule has 0 aliphatic carbocycles. The van der Waals surface area contributed by atoms with Crippen molar-refractivity contribution in [2.75, 3.05) is 14.2 Å². The standard InChI is InChI=1S/C11H12O4/c1-13-8-4-3-7-5-10(11(12)14-2)15-9(7)6-8/h3-4,6,10H,5H2,1-2H3. The highest BCUT2D eigenvalue weighted by Gasteiger charge is 2.29. The fourth-order valence-corrected chi connectivity index (χ4v) is 1.60. The molecule has 1 aromatic rings. The molecule has 80 valence electrons. The van der Waals surface area contributed by atoms with Crippen molar-refractivity contribution in [2.45, 2.75) is 12.5 Å². The number of methoxy groups -OCH3 is 2. The molecule has 0 fully saturated rings. The van der Waals surface area contributed by atoms with Crippen molar-refractivity contribution in [1.29, 1.82) is 0 Å². The number of hydrogen-bond donors (Lipinski definition) is 0. The minimum Gasteiger partial charge on any atom is -0.497 e. The summed E-state index contributed by atoms with van der Waals surface area (Å²) in [6, 6.07) is 5.53. The zero-order chi connectivity index (χ0) is 10.8. The molecule has 15 heavy (non-hydrogen) atoms. The SMILES string of the molecule is COC(=O)C1Cc2ccc(OC)cc2O1. The van der Waals surface area contributed by atoms with Gasteiger partial charge in [0.1, 0.15) is 11.5 Å². The summed E-state index contributed by atoms with van der Waals surface area (Å²) in [6.07, 6.45) is 0.0449. The summed E-state index contributed by atoms with van der Waals surface area (Å²) in [5.41, 5.74) is 1.01. The fraction of sp³-hybridized carbons (Fsp3) is 0.364. The molecule has 4 heteroatoms. The minimum absolute atomic E-state index is 0.342. The van der Waals surface area contributed by atoms with Crippen LogP contribution in [0, 0.1) is 0 Å². The van der Waals surface area contributed by atoms with E-state index in [0.29, 0.717) is 12.2 Å². The van der Waals surface area contributed by atoms with Gasteiger partial charge >= 0.3 is 5.97 Å². The van der Waals surface area contributed by atoms with Crippen LogP contribution in [-0.2, 0) is 16.0 Å². The Bertz CT molecular complexity index is 386. The molecule has 1 heterocycles. The van der Waals surface area contributed by atoms with Gasteiger partial charge in [0.05, 0.1) is 14.2 Å². The molecule has 0 amide bonds. The van der Waals surface area contributed by atoms with E-state index in [0.717, 1.165) is 11.3 Å². The average Bonchev–Trinajstić information content (AvgIpc) is 2.70. The molecule has 1 aliphatic heterocycles. The number of ether oxygens (including phenoxy) is 3. The van der Waals surface area contributed by atoms with E-state index in [4.69, 9.17) is 9.47 Å². The number of carbonyl (C=O) groups excluding carboxylic acids is 1. The van der Waals surface area contributed by atoms with E-state index in [1.54, 1.807) is 13.2 Å². The second kappa shape index (κ2) is 3.81. The summed E-state index contributed by atoms with van der Waals surface area (Å²) in [6.45, 7) is 0. The van der Waals surface area contributed by atoms with Gasteiger partial charge in [-0.05, 0) is 11.6 Å². The van der Waals surface area contributed by atoms with Crippen LogP contribution in [0.4, 0.5) is 0 Å². The smallest absolute Gasteiger partial charge is 0.347 e. The maximum Gasteiger partial charge on any atom is 0.347 e. The van der Waals surface area contributed by atoms with E-state index >= 15 is 0 Å². The van der Waals surface area contributed by atoms with Gasteiger partial charge in [0.2, 0.25) is 0 Å². The van der Waals surface area contributed by atoms with Crippen LogP contribution in [0.5, 0.6) is 11.5 Å². The van der Waals surface area contributed by atoms with Crippen LogP contribution in [0.15, 0.2) is 18.2 Å². The quantitative estimate of drug-likeness (QED) is 0.684. The Labute approximate surface area is 87.8 Å². The Kier molecular flexibility index (Phi) is 2.49. The van der Waals surface area contributed by atoms with E-state index in [-0.39, 0.29) is 5.97 Å². The number of carbonyl (C=O) groups is 1. The van der Waals surface area contributed by atoms with Crippen LogP contribution in [-0.4, -0.2) is 26.3 Å². The lowest BCUT2D eigenvalue weighted by Gasteiger charge is -2.07. The maximum absolute atomic E-state index is 11.3.